The SMILES string of the molecule is CCCCCCS(=O)(=O)c1ccc(-c2ccccc2I)cc1. The van der Waals surface area contributed by atoms with Crippen molar-refractivity contribution >= 4 is 32.4 Å². The number of halogens is 1. The summed E-state index contributed by atoms with van der Waals surface area (Å²) in [6.45, 7) is 2.12. The summed E-state index contributed by atoms with van der Waals surface area (Å²) >= 11 is 2.30. The van der Waals surface area contributed by atoms with Crippen molar-refractivity contribution in [3.05, 3.63) is 52.1 Å². The Morgan fingerprint density at radius 3 is 2.23 bits per heavy atom. The van der Waals surface area contributed by atoms with Gasteiger partial charge in [-0.05, 0) is 58.3 Å². The minimum atomic E-state index is -3.15. The van der Waals surface area contributed by atoms with Gasteiger partial charge in [0.05, 0.1) is 10.6 Å². The van der Waals surface area contributed by atoms with Gasteiger partial charge < -0.3 is 0 Å². The smallest absolute Gasteiger partial charge is 0.178 e. The first-order valence-electron chi connectivity index (χ1n) is 7.62. The lowest BCUT2D eigenvalue weighted by Gasteiger charge is -2.07. The second kappa shape index (κ2) is 8.11. The molecule has 2 aromatic carbocycles. The molecule has 0 radical (unpaired) electrons. The molecule has 0 aliphatic carbocycles. The van der Waals surface area contributed by atoms with Gasteiger partial charge in [-0.2, -0.15) is 0 Å². The highest BCUT2D eigenvalue weighted by molar-refractivity contribution is 14.1. The molecule has 0 spiro atoms. The van der Waals surface area contributed by atoms with Gasteiger partial charge >= 0.3 is 0 Å². The average molecular weight is 428 g/mol. The van der Waals surface area contributed by atoms with E-state index in [0.717, 1.165) is 40.4 Å². The Bertz CT molecular complexity index is 706. The van der Waals surface area contributed by atoms with Crippen LogP contribution in [0.2, 0.25) is 0 Å². The number of sulfone groups is 1. The lowest BCUT2D eigenvalue weighted by molar-refractivity contribution is 0.589. The van der Waals surface area contributed by atoms with E-state index in [2.05, 4.69) is 35.6 Å². The molecular formula is C18H21IO2S. The predicted octanol–water partition coefficient (Wildman–Crippen LogP) is 5.31. The van der Waals surface area contributed by atoms with E-state index in [9.17, 15) is 8.42 Å². The maximum atomic E-state index is 12.3. The molecule has 4 heteroatoms. The van der Waals surface area contributed by atoms with Gasteiger partial charge in [0.2, 0.25) is 0 Å². The standard InChI is InChI=1S/C18H21IO2S/c1-2-3-4-7-14-22(20,21)16-12-10-15(11-13-16)17-8-5-6-9-18(17)19/h5-6,8-13H,2-4,7,14H2,1H3. The molecule has 0 aliphatic rings. The summed E-state index contributed by atoms with van der Waals surface area (Å²) < 4.78 is 25.8. The molecule has 0 bridgehead atoms. The third kappa shape index (κ3) is 4.56. The van der Waals surface area contributed by atoms with Crippen LogP contribution in [-0.4, -0.2) is 14.2 Å². The van der Waals surface area contributed by atoms with Crippen molar-refractivity contribution in [1.82, 2.24) is 0 Å². The summed E-state index contributed by atoms with van der Waals surface area (Å²) in [6, 6.07) is 15.4. The molecule has 0 unspecified atom stereocenters. The fourth-order valence-electron chi connectivity index (χ4n) is 2.37. The normalized spacial score (nSPS) is 11.5. The molecule has 0 saturated heterocycles. The Balaban J connectivity index is 2.13. The van der Waals surface area contributed by atoms with Crippen LogP contribution >= 0.6 is 22.6 Å². The molecule has 2 nitrogen and oxygen atoms in total. The maximum absolute atomic E-state index is 12.3. The van der Waals surface area contributed by atoms with E-state index >= 15 is 0 Å². The summed E-state index contributed by atoms with van der Waals surface area (Å²) in [4.78, 5) is 0.429. The molecule has 2 aromatic rings. The van der Waals surface area contributed by atoms with Crippen LogP contribution in [0.15, 0.2) is 53.4 Å². The van der Waals surface area contributed by atoms with E-state index in [1.807, 2.05) is 30.3 Å². The van der Waals surface area contributed by atoms with Crippen molar-refractivity contribution in [3.8, 4) is 11.1 Å². The topological polar surface area (TPSA) is 34.1 Å². The number of hydrogen-bond donors (Lipinski definition) is 0. The Morgan fingerprint density at radius 1 is 0.909 bits per heavy atom. The van der Waals surface area contributed by atoms with Crippen molar-refractivity contribution in [2.75, 3.05) is 5.75 Å². The highest BCUT2D eigenvalue weighted by atomic mass is 127. The fraction of sp³-hybridized carbons (Fsp3) is 0.333. The van der Waals surface area contributed by atoms with Crippen molar-refractivity contribution in [3.63, 3.8) is 0 Å². The zero-order valence-corrected chi connectivity index (χ0v) is 15.7. The second-order valence-corrected chi connectivity index (χ2v) is 8.66. The van der Waals surface area contributed by atoms with Crippen LogP contribution in [0.5, 0.6) is 0 Å². The first-order chi connectivity index (χ1) is 10.5. The van der Waals surface area contributed by atoms with Crippen molar-refractivity contribution < 1.29 is 8.42 Å². The zero-order chi connectivity index (χ0) is 16.0. The maximum Gasteiger partial charge on any atom is 0.178 e. The van der Waals surface area contributed by atoms with E-state index in [1.165, 1.54) is 0 Å². The van der Waals surface area contributed by atoms with Crippen LogP contribution < -0.4 is 0 Å². The van der Waals surface area contributed by atoms with Gasteiger partial charge in [0, 0.05) is 3.57 Å². The van der Waals surface area contributed by atoms with Gasteiger partial charge in [-0.1, -0.05) is 56.5 Å². The van der Waals surface area contributed by atoms with Crippen molar-refractivity contribution in [2.24, 2.45) is 0 Å². The van der Waals surface area contributed by atoms with Gasteiger partial charge in [-0.25, -0.2) is 8.42 Å². The van der Waals surface area contributed by atoms with Crippen LogP contribution in [-0.2, 0) is 9.84 Å². The minimum absolute atomic E-state index is 0.245. The van der Waals surface area contributed by atoms with Crippen LogP contribution in [0.4, 0.5) is 0 Å². The number of benzene rings is 2. The predicted molar refractivity (Wildman–Crippen MR) is 101 cm³/mol. The molecule has 22 heavy (non-hydrogen) atoms. The van der Waals surface area contributed by atoms with Crippen LogP contribution in [0, 0.1) is 3.57 Å². The number of unbranched alkanes of at least 4 members (excludes halogenated alkanes) is 3. The third-order valence-corrected chi connectivity index (χ3v) is 6.42. The average Bonchev–Trinajstić information content (AvgIpc) is 2.52. The monoisotopic (exact) mass is 428 g/mol. The first-order valence-corrected chi connectivity index (χ1v) is 10.4. The van der Waals surface area contributed by atoms with E-state index in [-0.39, 0.29) is 5.75 Å². The van der Waals surface area contributed by atoms with E-state index in [4.69, 9.17) is 0 Å². The van der Waals surface area contributed by atoms with E-state index in [1.54, 1.807) is 12.1 Å². The summed E-state index contributed by atoms with van der Waals surface area (Å²) in [5.41, 5.74) is 2.19. The van der Waals surface area contributed by atoms with E-state index in [0.29, 0.717) is 4.90 Å². The lowest BCUT2D eigenvalue weighted by atomic mass is 10.1. The molecule has 0 aromatic heterocycles. The number of hydrogen-bond acceptors (Lipinski definition) is 2. The van der Waals surface area contributed by atoms with Crippen LogP contribution in [0.1, 0.15) is 32.6 Å². The highest BCUT2D eigenvalue weighted by Gasteiger charge is 2.14. The molecular weight excluding hydrogens is 407 g/mol. The summed E-state index contributed by atoms with van der Waals surface area (Å²) in [6.07, 6.45) is 3.94. The zero-order valence-electron chi connectivity index (χ0n) is 12.8. The molecule has 0 aliphatic heterocycles. The summed E-state index contributed by atoms with van der Waals surface area (Å²) in [5, 5.41) is 0. The molecule has 0 fully saturated rings. The van der Waals surface area contributed by atoms with Crippen molar-refractivity contribution in [2.45, 2.75) is 37.5 Å². The summed E-state index contributed by atoms with van der Waals surface area (Å²) in [5.74, 6) is 0.245. The Labute approximate surface area is 147 Å². The fourth-order valence-corrected chi connectivity index (χ4v) is 4.44. The van der Waals surface area contributed by atoms with Gasteiger partial charge in [-0.3, -0.25) is 0 Å². The molecule has 0 heterocycles. The lowest BCUT2D eigenvalue weighted by Crippen LogP contribution is -2.06. The summed E-state index contributed by atoms with van der Waals surface area (Å²) in [7, 11) is -3.15. The molecule has 0 saturated carbocycles. The van der Waals surface area contributed by atoms with Gasteiger partial charge in [-0.15, -0.1) is 0 Å². The second-order valence-electron chi connectivity index (χ2n) is 5.38. The molecule has 0 N–H and O–H groups in total. The minimum Gasteiger partial charge on any atom is -0.224 e. The molecule has 118 valence electrons. The van der Waals surface area contributed by atoms with E-state index < -0.39 is 9.84 Å². The third-order valence-electron chi connectivity index (χ3n) is 3.66. The highest BCUT2D eigenvalue weighted by Crippen LogP contribution is 2.26. The Hall–Kier alpha value is -0.880. The largest absolute Gasteiger partial charge is 0.224 e. The van der Waals surface area contributed by atoms with Crippen LogP contribution in [0.25, 0.3) is 11.1 Å². The van der Waals surface area contributed by atoms with Gasteiger partial charge in [0.15, 0.2) is 9.84 Å². The van der Waals surface area contributed by atoms with Gasteiger partial charge in [0.1, 0.15) is 0 Å². The Morgan fingerprint density at radius 2 is 1.59 bits per heavy atom. The first kappa shape index (κ1) is 17.5. The van der Waals surface area contributed by atoms with Crippen LogP contribution in [0.3, 0.4) is 0 Å². The molecule has 2 rings (SSSR count). The van der Waals surface area contributed by atoms with Gasteiger partial charge in [0.25, 0.3) is 0 Å². The number of rotatable bonds is 7. The quantitative estimate of drug-likeness (QED) is 0.442. The molecule has 0 amide bonds. The Kier molecular flexibility index (Phi) is 6.44. The van der Waals surface area contributed by atoms with Crippen molar-refractivity contribution in [1.29, 1.82) is 0 Å². The molecule has 0 atom stereocenters.